The molecule has 19 heavy (non-hydrogen) atoms. The van der Waals surface area contributed by atoms with Crippen molar-refractivity contribution in [1.29, 1.82) is 0 Å². The molecule has 2 N–H and O–H groups in total. The van der Waals surface area contributed by atoms with E-state index in [0.717, 1.165) is 18.4 Å². The minimum Gasteiger partial charge on any atom is -0.415 e. The summed E-state index contributed by atoms with van der Waals surface area (Å²) in [5, 5.41) is 5.64. The highest BCUT2D eigenvalue weighted by Crippen LogP contribution is 2.45. The molecule has 0 aliphatic heterocycles. The number of nitrogens with two attached hydrogens (primary N) is 1. The lowest BCUT2D eigenvalue weighted by Crippen LogP contribution is -2.40. The first-order chi connectivity index (χ1) is 8.53. The molecule has 1 fully saturated rings. The summed E-state index contributed by atoms with van der Waals surface area (Å²) in [6.45, 7) is 12.9. The van der Waals surface area contributed by atoms with Crippen molar-refractivity contribution in [3.05, 3.63) is 0 Å². The summed E-state index contributed by atoms with van der Waals surface area (Å²) >= 11 is 0. The number of hydrogen-bond acceptors (Lipinski definition) is 2. The summed E-state index contributed by atoms with van der Waals surface area (Å²) in [7, 11) is -2.88. The van der Waals surface area contributed by atoms with Gasteiger partial charge in [0.15, 0.2) is 8.32 Å². The fraction of sp³-hybridized carbons (Fsp3) is 1.00. The van der Waals surface area contributed by atoms with Crippen LogP contribution < -0.4 is 5.14 Å². The molecule has 0 spiro atoms. The van der Waals surface area contributed by atoms with E-state index in [1.165, 1.54) is 12.8 Å². The Hall–Kier alpha value is 0.287. The Labute approximate surface area is 122 Å². The van der Waals surface area contributed by atoms with E-state index in [1.54, 1.807) is 0 Å². The molecule has 0 aromatic rings. The molecular weight excluding hydrogens is 274 g/mol. The standard InChI is InChI=1S/C14H31NO2SSi/c1-11(2)17-19(5,6)10-13(12-7-8-12)9-14(3,4)18(15)16/h11-13H,7-10,15H2,1-6H3/t13-,18?/m0/s1. The van der Waals surface area contributed by atoms with Crippen molar-refractivity contribution in [3.8, 4) is 0 Å². The van der Waals surface area contributed by atoms with Crippen LogP contribution >= 0.6 is 0 Å². The largest absolute Gasteiger partial charge is 0.415 e. The molecule has 1 unspecified atom stereocenters. The lowest BCUT2D eigenvalue weighted by molar-refractivity contribution is 0.224. The molecule has 0 radical (unpaired) electrons. The van der Waals surface area contributed by atoms with Crippen LogP contribution in [0.1, 0.15) is 47.0 Å². The van der Waals surface area contributed by atoms with E-state index in [0.29, 0.717) is 12.0 Å². The van der Waals surface area contributed by atoms with E-state index in [4.69, 9.17) is 9.56 Å². The van der Waals surface area contributed by atoms with Gasteiger partial charge < -0.3 is 4.43 Å². The van der Waals surface area contributed by atoms with E-state index in [1.807, 2.05) is 13.8 Å². The third-order valence-electron chi connectivity index (χ3n) is 3.90. The van der Waals surface area contributed by atoms with Gasteiger partial charge in [-0.05, 0) is 77.9 Å². The molecule has 0 aromatic heterocycles. The molecule has 3 nitrogen and oxygen atoms in total. The Kier molecular flexibility index (Phi) is 5.81. The average Bonchev–Trinajstić information content (AvgIpc) is 2.95. The van der Waals surface area contributed by atoms with Crippen molar-refractivity contribution < 1.29 is 8.63 Å². The van der Waals surface area contributed by atoms with Gasteiger partial charge in [0, 0.05) is 6.10 Å². The van der Waals surface area contributed by atoms with Gasteiger partial charge in [0.05, 0.1) is 15.7 Å². The fourth-order valence-electron chi connectivity index (χ4n) is 3.00. The first kappa shape index (κ1) is 17.3. The molecule has 0 aromatic carbocycles. The molecular formula is C14H31NO2SSi. The van der Waals surface area contributed by atoms with Crippen molar-refractivity contribution in [2.75, 3.05) is 0 Å². The quantitative estimate of drug-likeness (QED) is 0.698. The van der Waals surface area contributed by atoms with Crippen LogP contribution in [0.5, 0.6) is 0 Å². The molecule has 114 valence electrons. The zero-order chi connectivity index (χ0) is 14.8. The maximum atomic E-state index is 11.7. The van der Waals surface area contributed by atoms with E-state index in [2.05, 4.69) is 26.9 Å². The van der Waals surface area contributed by atoms with Crippen LogP contribution in [0.2, 0.25) is 19.1 Å². The van der Waals surface area contributed by atoms with Gasteiger partial charge in [-0.3, -0.25) is 5.14 Å². The van der Waals surface area contributed by atoms with Gasteiger partial charge in [0.25, 0.3) is 0 Å². The maximum absolute atomic E-state index is 11.7. The van der Waals surface area contributed by atoms with Gasteiger partial charge in [-0.25, -0.2) is 4.21 Å². The lowest BCUT2D eigenvalue weighted by atomic mass is 9.94. The second kappa shape index (κ2) is 6.37. The van der Waals surface area contributed by atoms with Gasteiger partial charge in [-0.1, -0.05) is 0 Å². The van der Waals surface area contributed by atoms with Gasteiger partial charge in [0.1, 0.15) is 0 Å². The Morgan fingerprint density at radius 2 is 1.89 bits per heavy atom. The van der Waals surface area contributed by atoms with E-state index in [-0.39, 0.29) is 4.75 Å². The number of rotatable bonds is 8. The molecule has 1 rings (SSSR count). The van der Waals surface area contributed by atoms with Crippen LogP contribution in [-0.2, 0) is 15.4 Å². The first-order valence-electron chi connectivity index (χ1n) is 7.37. The topological polar surface area (TPSA) is 52.3 Å². The van der Waals surface area contributed by atoms with Crippen LogP contribution in [0.3, 0.4) is 0 Å². The van der Waals surface area contributed by atoms with Crippen LogP contribution in [0, 0.1) is 11.8 Å². The van der Waals surface area contributed by atoms with Gasteiger partial charge in [-0.15, -0.1) is 0 Å². The summed E-state index contributed by atoms with van der Waals surface area (Å²) in [6.07, 6.45) is 3.91. The molecule has 1 aliphatic rings. The Morgan fingerprint density at radius 1 is 1.37 bits per heavy atom. The normalized spacial score (nSPS) is 20.6. The fourth-order valence-corrected chi connectivity index (χ4v) is 6.50. The maximum Gasteiger partial charge on any atom is 0.187 e. The lowest BCUT2D eigenvalue weighted by Gasteiger charge is -2.33. The highest BCUT2D eigenvalue weighted by Gasteiger charge is 2.40. The predicted molar refractivity (Wildman–Crippen MR) is 85.7 cm³/mol. The summed E-state index contributed by atoms with van der Waals surface area (Å²) in [6, 6.07) is 1.16. The molecule has 1 saturated carbocycles. The molecule has 0 saturated heterocycles. The SMILES string of the molecule is CC(C)O[Si](C)(C)C[C@H](CC(C)(C)S(N)=O)C1CC1. The summed E-state index contributed by atoms with van der Waals surface area (Å²) in [5.41, 5.74) is 0. The van der Waals surface area contributed by atoms with Gasteiger partial charge in [-0.2, -0.15) is 0 Å². The second-order valence-electron chi connectivity index (χ2n) is 7.49. The summed E-state index contributed by atoms with van der Waals surface area (Å²) in [5.74, 6) is 1.44. The van der Waals surface area contributed by atoms with Crippen molar-refractivity contribution in [2.45, 2.75) is 76.9 Å². The predicted octanol–water partition coefficient (Wildman–Crippen LogP) is 3.43. The Morgan fingerprint density at radius 3 is 2.26 bits per heavy atom. The Bertz CT molecular complexity index is 327. The van der Waals surface area contributed by atoms with E-state index >= 15 is 0 Å². The highest BCUT2D eigenvalue weighted by molar-refractivity contribution is 7.84. The van der Waals surface area contributed by atoms with Crippen molar-refractivity contribution in [2.24, 2.45) is 17.0 Å². The zero-order valence-corrected chi connectivity index (χ0v) is 15.2. The number of hydrogen-bond donors (Lipinski definition) is 1. The van der Waals surface area contributed by atoms with Crippen LogP contribution in [-0.4, -0.2) is 23.4 Å². The van der Waals surface area contributed by atoms with Crippen LogP contribution in [0.25, 0.3) is 0 Å². The van der Waals surface area contributed by atoms with Gasteiger partial charge in [0.2, 0.25) is 0 Å². The molecule has 0 bridgehead atoms. The Balaban J connectivity index is 2.66. The van der Waals surface area contributed by atoms with Crippen molar-refractivity contribution >= 4 is 19.3 Å². The molecule has 5 heteroatoms. The molecule has 1 aliphatic carbocycles. The second-order valence-corrected chi connectivity index (χ2v) is 13.4. The smallest absolute Gasteiger partial charge is 0.187 e. The van der Waals surface area contributed by atoms with Crippen LogP contribution in [0.4, 0.5) is 0 Å². The van der Waals surface area contributed by atoms with Crippen molar-refractivity contribution in [3.63, 3.8) is 0 Å². The van der Waals surface area contributed by atoms with Crippen LogP contribution in [0.15, 0.2) is 0 Å². The minimum absolute atomic E-state index is 0.282. The first-order valence-corrected chi connectivity index (χ1v) is 11.7. The summed E-state index contributed by atoms with van der Waals surface area (Å²) < 4.78 is 17.5. The zero-order valence-electron chi connectivity index (χ0n) is 13.4. The minimum atomic E-state index is -1.63. The van der Waals surface area contributed by atoms with Gasteiger partial charge >= 0.3 is 0 Å². The average molecular weight is 306 g/mol. The molecule has 0 amide bonds. The van der Waals surface area contributed by atoms with Crippen molar-refractivity contribution in [1.82, 2.24) is 0 Å². The monoisotopic (exact) mass is 305 g/mol. The molecule has 0 heterocycles. The highest BCUT2D eigenvalue weighted by atomic mass is 32.2. The van der Waals surface area contributed by atoms with E-state index < -0.39 is 19.3 Å². The van der Waals surface area contributed by atoms with E-state index in [9.17, 15) is 4.21 Å². The molecule has 2 atom stereocenters. The summed E-state index contributed by atoms with van der Waals surface area (Å²) in [4.78, 5) is 0. The third kappa shape index (κ3) is 6.06. The third-order valence-corrected chi connectivity index (χ3v) is 7.77.